The fourth-order valence-corrected chi connectivity index (χ4v) is 4.41. The van der Waals surface area contributed by atoms with Gasteiger partial charge in [-0.25, -0.2) is 0 Å². The normalized spacial score (nSPS) is 10.4. The topological polar surface area (TPSA) is 83.5 Å². The SMILES string of the molecule is CCCCCCCC(=O)Nc1ccc(C)c2sc3ccccc3c(=O)c12.O=CO. The summed E-state index contributed by atoms with van der Waals surface area (Å²) in [6.45, 7) is 3.94. The molecule has 6 heteroatoms. The Bertz CT molecular complexity index is 1040. The standard InChI is InChI=1S/C22H25NO2S.CH2O2/c1-3-4-5-6-7-12-19(24)23-17-14-13-15(2)22-20(17)21(25)16-10-8-9-11-18(16)26-22;2-1-3/h8-11,13-14H,3-7,12H2,1-2H3,(H,23,24);1H,(H,2,3). The highest BCUT2D eigenvalue weighted by Gasteiger charge is 2.13. The van der Waals surface area contributed by atoms with Gasteiger partial charge in [-0.3, -0.25) is 14.4 Å². The molecule has 2 aromatic carbocycles. The van der Waals surface area contributed by atoms with Gasteiger partial charge in [0.25, 0.3) is 6.47 Å². The van der Waals surface area contributed by atoms with Crippen LogP contribution in [0.2, 0.25) is 0 Å². The van der Waals surface area contributed by atoms with Crippen LogP contribution in [0.5, 0.6) is 0 Å². The van der Waals surface area contributed by atoms with Crippen molar-refractivity contribution in [3.63, 3.8) is 0 Å². The number of hydrogen-bond acceptors (Lipinski definition) is 4. The molecule has 0 unspecified atom stereocenters. The van der Waals surface area contributed by atoms with Crippen molar-refractivity contribution in [2.75, 3.05) is 5.32 Å². The minimum atomic E-state index is -0.250. The Morgan fingerprint density at radius 2 is 1.79 bits per heavy atom. The highest BCUT2D eigenvalue weighted by molar-refractivity contribution is 7.24. The second kappa shape index (κ2) is 11.3. The van der Waals surface area contributed by atoms with Crippen LogP contribution >= 0.6 is 11.3 Å². The molecule has 1 aromatic heterocycles. The van der Waals surface area contributed by atoms with Crippen molar-refractivity contribution in [2.24, 2.45) is 0 Å². The van der Waals surface area contributed by atoms with Gasteiger partial charge < -0.3 is 10.4 Å². The molecular weight excluding hydrogens is 386 g/mol. The molecule has 0 saturated heterocycles. The van der Waals surface area contributed by atoms with Crippen LogP contribution < -0.4 is 10.7 Å². The minimum Gasteiger partial charge on any atom is -0.483 e. The van der Waals surface area contributed by atoms with Crippen molar-refractivity contribution < 1.29 is 14.7 Å². The van der Waals surface area contributed by atoms with Gasteiger partial charge in [-0.1, -0.05) is 50.8 Å². The highest BCUT2D eigenvalue weighted by Crippen LogP contribution is 2.31. The van der Waals surface area contributed by atoms with E-state index < -0.39 is 0 Å². The van der Waals surface area contributed by atoms with Crippen LogP contribution in [-0.4, -0.2) is 17.5 Å². The molecule has 0 aliphatic heterocycles. The molecule has 5 nitrogen and oxygen atoms in total. The van der Waals surface area contributed by atoms with Gasteiger partial charge in [0.15, 0.2) is 5.43 Å². The van der Waals surface area contributed by atoms with Crippen LogP contribution in [0.1, 0.15) is 51.0 Å². The summed E-state index contributed by atoms with van der Waals surface area (Å²) >= 11 is 1.61. The van der Waals surface area contributed by atoms with Crippen molar-refractivity contribution in [3.05, 3.63) is 52.2 Å². The first-order chi connectivity index (χ1) is 14.0. The second-order valence-electron chi connectivity index (χ2n) is 6.88. The molecule has 1 amide bonds. The summed E-state index contributed by atoms with van der Waals surface area (Å²) < 4.78 is 1.93. The Labute approximate surface area is 174 Å². The highest BCUT2D eigenvalue weighted by atomic mass is 32.1. The first-order valence-electron chi connectivity index (χ1n) is 9.86. The van der Waals surface area contributed by atoms with Crippen molar-refractivity contribution >= 4 is 49.6 Å². The van der Waals surface area contributed by atoms with E-state index in [1.165, 1.54) is 19.3 Å². The number of carbonyl (C=O) groups is 2. The summed E-state index contributed by atoms with van der Waals surface area (Å²) in [5, 5.41) is 11.2. The lowest BCUT2D eigenvalue weighted by atomic mass is 10.1. The third-order valence-corrected chi connectivity index (χ3v) is 6.01. The van der Waals surface area contributed by atoms with Gasteiger partial charge in [-0.15, -0.1) is 11.3 Å². The summed E-state index contributed by atoms with van der Waals surface area (Å²) in [5.74, 6) is -0.00999. The van der Waals surface area contributed by atoms with E-state index in [-0.39, 0.29) is 17.8 Å². The molecule has 0 bridgehead atoms. The van der Waals surface area contributed by atoms with Crippen LogP contribution in [0, 0.1) is 6.92 Å². The van der Waals surface area contributed by atoms with Gasteiger partial charge in [0.2, 0.25) is 5.91 Å². The number of anilines is 1. The van der Waals surface area contributed by atoms with E-state index >= 15 is 0 Å². The molecule has 154 valence electrons. The van der Waals surface area contributed by atoms with Crippen LogP contribution in [0.15, 0.2) is 41.2 Å². The maximum absolute atomic E-state index is 13.0. The number of nitrogens with one attached hydrogen (secondary N) is 1. The molecule has 0 fully saturated rings. The average Bonchev–Trinajstić information content (AvgIpc) is 2.71. The van der Waals surface area contributed by atoms with Crippen molar-refractivity contribution in [3.8, 4) is 0 Å². The zero-order chi connectivity index (χ0) is 21.2. The summed E-state index contributed by atoms with van der Waals surface area (Å²) in [6.07, 6.45) is 6.07. The Morgan fingerprint density at radius 1 is 1.10 bits per heavy atom. The molecule has 0 spiro atoms. The number of rotatable bonds is 7. The second-order valence-corrected chi connectivity index (χ2v) is 7.93. The van der Waals surface area contributed by atoms with Gasteiger partial charge in [-0.2, -0.15) is 0 Å². The lowest BCUT2D eigenvalue weighted by Crippen LogP contribution is -2.14. The van der Waals surface area contributed by atoms with Crippen molar-refractivity contribution in [1.82, 2.24) is 0 Å². The Hall–Kier alpha value is -2.73. The van der Waals surface area contributed by atoms with Gasteiger partial charge >= 0.3 is 0 Å². The van der Waals surface area contributed by atoms with E-state index in [0.29, 0.717) is 22.9 Å². The lowest BCUT2D eigenvalue weighted by Gasteiger charge is -2.11. The Morgan fingerprint density at radius 3 is 2.52 bits per heavy atom. The maximum Gasteiger partial charge on any atom is 0.290 e. The van der Waals surface area contributed by atoms with E-state index in [1.807, 2.05) is 43.3 Å². The largest absolute Gasteiger partial charge is 0.483 e. The molecule has 0 atom stereocenters. The molecule has 0 radical (unpaired) electrons. The number of aryl methyl sites for hydroxylation is 1. The number of hydrogen-bond donors (Lipinski definition) is 2. The van der Waals surface area contributed by atoms with Crippen LogP contribution in [0.3, 0.4) is 0 Å². The van der Waals surface area contributed by atoms with Gasteiger partial charge in [0.1, 0.15) is 0 Å². The third kappa shape index (κ3) is 5.87. The molecule has 0 aliphatic rings. The number of amides is 1. The van der Waals surface area contributed by atoms with E-state index in [9.17, 15) is 9.59 Å². The fraction of sp³-hybridized carbons (Fsp3) is 0.348. The summed E-state index contributed by atoms with van der Waals surface area (Å²) in [7, 11) is 0. The first-order valence-corrected chi connectivity index (χ1v) is 10.7. The number of unbranched alkanes of at least 4 members (excludes halogenated alkanes) is 4. The van der Waals surface area contributed by atoms with Gasteiger partial charge in [0.05, 0.1) is 11.1 Å². The molecule has 1 heterocycles. The van der Waals surface area contributed by atoms with E-state index in [2.05, 4.69) is 12.2 Å². The molecular formula is C23H27NO4S. The fourth-order valence-electron chi connectivity index (χ4n) is 3.24. The lowest BCUT2D eigenvalue weighted by molar-refractivity contribution is -0.123. The zero-order valence-electron chi connectivity index (χ0n) is 16.9. The van der Waals surface area contributed by atoms with Crippen LogP contribution in [0.25, 0.3) is 20.2 Å². The van der Waals surface area contributed by atoms with Crippen LogP contribution in [-0.2, 0) is 9.59 Å². The Kier molecular flexibility index (Phi) is 8.80. The molecule has 0 saturated carbocycles. The maximum atomic E-state index is 13.0. The molecule has 29 heavy (non-hydrogen) atoms. The average molecular weight is 414 g/mol. The summed E-state index contributed by atoms with van der Waals surface area (Å²) in [4.78, 5) is 33.7. The first kappa shape index (κ1) is 22.6. The van der Waals surface area contributed by atoms with Crippen molar-refractivity contribution in [2.45, 2.75) is 52.4 Å². The molecule has 2 N–H and O–H groups in total. The van der Waals surface area contributed by atoms with Crippen molar-refractivity contribution in [1.29, 1.82) is 0 Å². The molecule has 3 rings (SSSR count). The number of carbonyl (C=O) groups excluding carboxylic acids is 1. The van der Waals surface area contributed by atoms with E-state index in [1.54, 1.807) is 11.3 Å². The number of carboxylic acid groups (broad SMARTS) is 1. The number of benzene rings is 2. The summed E-state index contributed by atoms with van der Waals surface area (Å²) in [6, 6.07) is 11.5. The quantitative estimate of drug-likeness (QED) is 0.295. The molecule has 0 aliphatic carbocycles. The van der Waals surface area contributed by atoms with Crippen LogP contribution in [0.4, 0.5) is 5.69 Å². The molecule has 3 aromatic rings. The van der Waals surface area contributed by atoms with E-state index in [4.69, 9.17) is 9.90 Å². The predicted octanol–water partition coefficient (Wildman–Crippen LogP) is 5.72. The smallest absolute Gasteiger partial charge is 0.290 e. The predicted molar refractivity (Wildman–Crippen MR) is 121 cm³/mol. The van der Waals surface area contributed by atoms with E-state index in [0.717, 1.165) is 27.8 Å². The van der Waals surface area contributed by atoms with Gasteiger partial charge in [0, 0.05) is 21.2 Å². The van der Waals surface area contributed by atoms with Gasteiger partial charge in [-0.05, 0) is 37.1 Å². The minimum absolute atomic E-state index is 0.00343. The zero-order valence-corrected chi connectivity index (χ0v) is 17.7. The third-order valence-electron chi connectivity index (χ3n) is 4.71. The Balaban J connectivity index is 0.000000941. The monoisotopic (exact) mass is 413 g/mol. The number of fused-ring (bicyclic) bond motifs is 2. The summed E-state index contributed by atoms with van der Waals surface area (Å²) in [5.41, 5.74) is 1.69.